The number of amides is 2. The van der Waals surface area contributed by atoms with Crippen LogP contribution in [0.4, 0.5) is 14.5 Å². The molecule has 1 unspecified atom stereocenters. The summed E-state index contributed by atoms with van der Waals surface area (Å²) in [4.78, 5) is 32.8. The molecule has 3 fully saturated rings. The lowest BCUT2D eigenvalue weighted by Gasteiger charge is -2.35. The van der Waals surface area contributed by atoms with Gasteiger partial charge in [-0.25, -0.2) is 13.8 Å². The second-order valence-electron chi connectivity index (χ2n) is 9.06. The predicted octanol–water partition coefficient (Wildman–Crippen LogP) is 2.29. The van der Waals surface area contributed by atoms with Gasteiger partial charge in [0, 0.05) is 51.5 Å². The Labute approximate surface area is 185 Å². The van der Waals surface area contributed by atoms with Crippen LogP contribution in [0.15, 0.2) is 12.3 Å². The van der Waals surface area contributed by atoms with Crippen molar-refractivity contribution in [3.63, 3.8) is 0 Å². The molecule has 1 aromatic heterocycles. The highest BCUT2D eigenvalue weighted by atomic mass is 35.5. The van der Waals surface area contributed by atoms with Crippen LogP contribution in [0.5, 0.6) is 0 Å². The van der Waals surface area contributed by atoms with Crippen molar-refractivity contribution in [2.24, 2.45) is 11.3 Å². The minimum absolute atomic E-state index is 0.0471. The number of halogens is 3. The smallest absolute Gasteiger partial charge is 0.248 e. The highest BCUT2D eigenvalue weighted by molar-refractivity contribution is 6.29. The average molecular weight is 456 g/mol. The number of nitrogen functional groups attached to an aromatic ring is 1. The SMILES string of the molecule is Nc1cnc(Cl)cc1CN1CCN(C(=O)CNC(=O)C2CC23CCC(F)(F)CC3)CC1. The molecule has 0 aromatic carbocycles. The number of nitrogens with zero attached hydrogens (tertiary/aromatic N) is 3. The summed E-state index contributed by atoms with van der Waals surface area (Å²) in [6.45, 7) is 3.11. The summed E-state index contributed by atoms with van der Waals surface area (Å²) in [6.07, 6.45) is 2.70. The molecule has 1 aliphatic heterocycles. The largest absolute Gasteiger partial charge is 0.397 e. The number of pyridine rings is 1. The molecule has 1 spiro atoms. The highest BCUT2D eigenvalue weighted by Gasteiger charge is 2.60. The number of piperazine rings is 1. The van der Waals surface area contributed by atoms with Crippen LogP contribution in [0, 0.1) is 11.3 Å². The van der Waals surface area contributed by atoms with Crippen molar-refractivity contribution >= 4 is 29.1 Å². The minimum atomic E-state index is -2.59. The van der Waals surface area contributed by atoms with E-state index in [0.29, 0.717) is 62.8 Å². The van der Waals surface area contributed by atoms with E-state index in [0.717, 1.165) is 5.56 Å². The van der Waals surface area contributed by atoms with Crippen LogP contribution in [-0.2, 0) is 16.1 Å². The molecule has 31 heavy (non-hydrogen) atoms. The van der Waals surface area contributed by atoms with Gasteiger partial charge >= 0.3 is 0 Å². The van der Waals surface area contributed by atoms with E-state index >= 15 is 0 Å². The fourth-order valence-corrected chi connectivity index (χ4v) is 4.97. The molecule has 7 nitrogen and oxygen atoms in total. The Bertz CT molecular complexity index is 850. The van der Waals surface area contributed by atoms with Crippen LogP contribution in [0.3, 0.4) is 0 Å². The first-order valence-corrected chi connectivity index (χ1v) is 11.1. The molecule has 10 heteroatoms. The quantitative estimate of drug-likeness (QED) is 0.665. The van der Waals surface area contributed by atoms with E-state index in [-0.39, 0.29) is 42.5 Å². The van der Waals surface area contributed by atoms with E-state index < -0.39 is 5.92 Å². The Kier molecular flexibility index (Phi) is 6.09. The molecular formula is C21H28ClF2N5O2. The molecule has 0 bridgehead atoms. The Morgan fingerprint density at radius 1 is 1.19 bits per heavy atom. The van der Waals surface area contributed by atoms with Gasteiger partial charge < -0.3 is 16.0 Å². The minimum Gasteiger partial charge on any atom is -0.397 e. The number of nitrogens with one attached hydrogen (secondary N) is 1. The third-order valence-electron chi connectivity index (χ3n) is 7.01. The van der Waals surface area contributed by atoms with E-state index in [1.54, 1.807) is 17.2 Å². The van der Waals surface area contributed by atoms with E-state index in [1.165, 1.54) is 0 Å². The molecular weight excluding hydrogens is 428 g/mol. The Balaban J connectivity index is 1.19. The topological polar surface area (TPSA) is 91.6 Å². The number of aromatic nitrogens is 1. The molecule has 2 amide bonds. The van der Waals surface area contributed by atoms with Gasteiger partial charge in [0.15, 0.2) is 0 Å². The molecule has 1 atom stereocenters. The van der Waals surface area contributed by atoms with E-state index in [9.17, 15) is 18.4 Å². The van der Waals surface area contributed by atoms with Gasteiger partial charge in [0.2, 0.25) is 17.7 Å². The summed E-state index contributed by atoms with van der Waals surface area (Å²) in [5, 5.41) is 3.13. The normalized spacial score (nSPS) is 24.7. The first-order chi connectivity index (χ1) is 14.7. The molecule has 0 radical (unpaired) electrons. The molecule has 170 valence electrons. The number of nitrogens with two attached hydrogens (primary N) is 1. The number of hydrogen-bond donors (Lipinski definition) is 2. The number of carbonyl (C=O) groups excluding carboxylic acids is 2. The van der Waals surface area contributed by atoms with Crippen LogP contribution in [0.2, 0.25) is 5.15 Å². The van der Waals surface area contributed by atoms with Crippen molar-refractivity contribution in [3.8, 4) is 0 Å². The predicted molar refractivity (Wildman–Crippen MR) is 112 cm³/mol. The molecule has 3 N–H and O–H groups in total. The van der Waals surface area contributed by atoms with Crippen molar-refractivity contribution in [1.29, 1.82) is 0 Å². The first kappa shape index (κ1) is 22.2. The highest BCUT2D eigenvalue weighted by Crippen LogP contribution is 2.63. The number of alkyl halides is 2. The first-order valence-electron chi connectivity index (χ1n) is 10.7. The summed E-state index contributed by atoms with van der Waals surface area (Å²) >= 11 is 5.94. The number of carbonyl (C=O) groups is 2. The lowest BCUT2D eigenvalue weighted by Crippen LogP contribution is -2.51. The summed E-state index contributed by atoms with van der Waals surface area (Å²) in [6, 6.07) is 1.75. The van der Waals surface area contributed by atoms with Gasteiger partial charge in [-0.05, 0) is 36.3 Å². The van der Waals surface area contributed by atoms with Crippen molar-refractivity contribution in [2.75, 3.05) is 38.5 Å². The average Bonchev–Trinajstić information content (AvgIpc) is 3.46. The van der Waals surface area contributed by atoms with Crippen molar-refractivity contribution in [2.45, 2.75) is 44.6 Å². The van der Waals surface area contributed by atoms with Crippen LogP contribution in [0.25, 0.3) is 0 Å². The zero-order valence-electron chi connectivity index (χ0n) is 17.4. The molecule has 2 saturated carbocycles. The lowest BCUT2D eigenvalue weighted by molar-refractivity contribution is -0.135. The van der Waals surface area contributed by atoms with Gasteiger partial charge in [-0.3, -0.25) is 14.5 Å². The summed E-state index contributed by atoms with van der Waals surface area (Å²) in [7, 11) is 0. The Hall–Kier alpha value is -2.00. The maximum Gasteiger partial charge on any atom is 0.248 e. The zero-order chi connectivity index (χ0) is 22.2. The monoisotopic (exact) mass is 455 g/mol. The second-order valence-corrected chi connectivity index (χ2v) is 9.44. The van der Waals surface area contributed by atoms with Gasteiger partial charge in [0.05, 0.1) is 18.4 Å². The molecule has 2 heterocycles. The lowest BCUT2D eigenvalue weighted by atomic mass is 9.82. The third-order valence-corrected chi connectivity index (χ3v) is 7.21. The summed E-state index contributed by atoms with van der Waals surface area (Å²) < 4.78 is 26.8. The summed E-state index contributed by atoms with van der Waals surface area (Å²) in [5.74, 6) is -3.12. The number of anilines is 1. The Morgan fingerprint density at radius 3 is 2.55 bits per heavy atom. The van der Waals surface area contributed by atoms with Gasteiger partial charge in [-0.2, -0.15) is 0 Å². The summed E-state index contributed by atoms with van der Waals surface area (Å²) in [5.41, 5.74) is 7.19. The standard InChI is InChI=1S/C21H28ClF2N5O2/c22-17-9-14(16(25)11-26-17)13-28-5-7-29(8-6-28)18(30)12-27-19(31)15-10-20(15)1-3-21(23,24)4-2-20/h9,11,15H,1-8,10,12-13,25H2,(H,27,31). The second kappa shape index (κ2) is 8.50. The molecule has 2 aliphatic carbocycles. The fourth-order valence-electron chi connectivity index (χ4n) is 4.79. The molecule has 4 rings (SSSR count). The van der Waals surface area contributed by atoms with Crippen molar-refractivity contribution in [3.05, 3.63) is 23.0 Å². The van der Waals surface area contributed by atoms with Crippen LogP contribution < -0.4 is 11.1 Å². The number of hydrogen-bond acceptors (Lipinski definition) is 5. The molecule has 1 aromatic rings. The van der Waals surface area contributed by atoms with Crippen LogP contribution in [0.1, 0.15) is 37.7 Å². The zero-order valence-corrected chi connectivity index (χ0v) is 18.1. The maximum atomic E-state index is 13.4. The Morgan fingerprint density at radius 2 is 1.87 bits per heavy atom. The molecule has 1 saturated heterocycles. The fraction of sp³-hybridized carbons (Fsp3) is 0.667. The van der Waals surface area contributed by atoms with E-state index in [4.69, 9.17) is 17.3 Å². The maximum absolute atomic E-state index is 13.4. The molecule has 3 aliphatic rings. The van der Waals surface area contributed by atoms with Crippen LogP contribution in [-0.4, -0.2) is 65.2 Å². The third kappa shape index (κ3) is 5.09. The van der Waals surface area contributed by atoms with E-state index in [2.05, 4.69) is 15.2 Å². The van der Waals surface area contributed by atoms with Gasteiger partial charge in [-0.1, -0.05) is 11.6 Å². The van der Waals surface area contributed by atoms with Gasteiger partial charge in [0.25, 0.3) is 0 Å². The van der Waals surface area contributed by atoms with Gasteiger partial charge in [-0.15, -0.1) is 0 Å². The van der Waals surface area contributed by atoms with Crippen molar-refractivity contribution in [1.82, 2.24) is 20.1 Å². The van der Waals surface area contributed by atoms with E-state index in [1.807, 2.05) is 0 Å². The van der Waals surface area contributed by atoms with Crippen molar-refractivity contribution < 1.29 is 18.4 Å². The number of rotatable bonds is 5. The van der Waals surface area contributed by atoms with Gasteiger partial charge in [0.1, 0.15) is 5.15 Å². The van der Waals surface area contributed by atoms with Crippen LogP contribution >= 0.6 is 11.6 Å².